The molecule has 0 fully saturated rings. The van der Waals surface area contributed by atoms with Crippen LogP contribution in [0.15, 0.2) is 114 Å². The van der Waals surface area contributed by atoms with Gasteiger partial charge in [-0.1, -0.05) is 66.7 Å². The number of nitrogens with zero attached hydrogens (tertiary/aromatic N) is 2. The maximum Gasteiger partial charge on any atom is 0.343 e. The van der Waals surface area contributed by atoms with Crippen LogP contribution in [0.5, 0.6) is 17.2 Å². The molecule has 0 aromatic heterocycles. The largest absolute Gasteiger partial charge is 0.493 e. The van der Waals surface area contributed by atoms with E-state index in [4.69, 9.17) is 19.3 Å². The van der Waals surface area contributed by atoms with E-state index in [1.807, 2.05) is 66.7 Å². The van der Waals surface area contributed by atoms with Crippen LogP contribution in [0.3, 0.4) is 0 Å². The number of amides is 1. The molecule has 40 heavy (non-hydrogen) atoms. The minimum Gasteiger partial charge on any atom is -0.493 e. The van der Waals surface area contributed by atoms with Gasteiger partial charge in [0.2, 0.25) is 0 Å². The van der Waals surface area contributed by atoms with Gasteiger partial charge in [0, 0.05) is 18.1 Å². The predicted octanol–water partition coefficient (Wildman–Crippen LogP) is 6.31. The Balaban J connectivity index is 1.49. The third-order valence-electron chi connectivity index (χ3n) is 6.56. The zero-order valence-electron chi connectivity index (χ0n) is 22.2. The summed E-state index contributed by atoms with van der Waals surface area (Å²) in [6, 6.07) is 30.7. The van der Waals surface area contributed by atoms with Gasteiger partial charge in [-0.3, -0.25) is 4.79 Å². The molecular weight excluding hydrogens is 504 g/mol. The van der Waals surface area contributed by atoms with Crippen molar-refractivity contribution in [2.45, 2.75) is 12.5 Å². The molecule has 0 aliphatic carbocycles. The van der Waals surface area contributed by atoms with Crippen molar-refractivity contribution in [2.24, 2.45) is 5.10 Å². The van der Waals surface area contributed by atoms with Gasteiger partial charge in [-0.15, -0.1) is 0 Å². The average molecular weight is 533 g/mol. The Hall–Kier alpha value is -5.17. The van der Waals surface area contributed by atoms with E-state index in [2.05, 4.69) is 0 Å². The Morgan fingerprint density at radius 1 is 0.800 bits per heavy atom. The highest BCUT2D eigenvalue weighted by Gasteiger charge is 2.34. The van der Waals surface area contributed by atoms with Gasteiger partial charge in [0.15, 0.2) is 11.5 Å². The fourth-order valence-electron chi connectivity index (χ4n) is 4.53. The molecule has 0 bridgehead atoms. The van der Waals surface area contributed by atoms with Gasteiger partial charge in [-0.25, -0.2) is 9.80 Å². The van der Waals surface area contributed by atoms with E-state index in [1.165, 1.54) is 11.1 Å². The number of hydrazone groups is 1. The quantitative estimate of drug-likeness (QED) is 0.151. The lowest BCUT2D eigenvalue weighted by molar-refractivity contribution is -0.127. The van der Waals surface area contributed by atoms with Gasteiger partial charge in [-0.2, -0.15) is 5.10 Å². The lowest BCUT2D eigenvalue weighted by Gasteiger charge is -2.21. The van der Waals surface area contributed by atoms with Crippen LogP contribution in [0.25, 0.3) is 6.08 Å². The van der Waals surface area contributed by atoms with Crippen LogP contribution in [0.2, 0.25) is 0 Å². The molecular formula is C33H28N2O5. The Morgan fingerprint density at radius 3 is 2.20 bits per heavy atom. The molecule has 0 spiro atoms. The van der Waals surface area contributed by atoms with Crippen LogP contribution in [-0.2, 0) is 4.79 Å². The molecule has 1 aliphatic heterocycles. The molecule has 7 heteroatoms. The second kappa shape index (κ2) is 12.1. The Morgan fingerprint density at radius 2 is 1.48 bits per heavy atom. The maximum absolute atomic E-state index is 13.5. The molecule has 4 aromatic carbocycles. The van der Waals surface area contributed by atoms with E-state index in [9.17, 15) is 9.59 Å². The summed E-state index contributed by atoms with van der Waals surface area (Å²) in [5, 5.41) is 6.22. The summed E-state index contributed by atoms with van der Waals surface area (Å²) in [6.45, 7) is 0. The normalized spacial score (nSPS) is 14.6. The summed E-state index contributed by atoms with van der Waals surface area (Å²) >= 11 is 0. The fraction of sp³-hybridized carbons (Fsp3) is 0.121. The molecule has 1 heterocycles. The molecule has 4 aromatic rings. The second-order valence-corrected chi connectivity index (χ2v) is 9.06. The molecule has 0 saturated heterocycles. The first-order valence-electron chi connectivity index (χ1n) is 12.8. The maximum atomic E-state index is 13.5. The van der Waals surface area contributed by atoms with E-state index >= 15 is 0 Å². The van der Waals surface area contributed by atoms with Crippen LogP contribution in [-0.4, -0.2) is 36.8 Å². The predicted molar refractivity (Wildman–Crippen MR) is 154 cm³/mol. The van der Waals surface area contributed by atoms with Gasteiger partial charge in [0.25, 0.3) is 5.91 Å². The first kappa shape index (κ1) is 26.4. The van der Waals surface area contributed by atoms with Crippen LogP contribution in [0, 0.1) is 0 Å². The summed E-state index contributed by atoms with van der Waals surface area (Å²) in [6.07, 6.45) is 3.67. The Bertz CT molecular complexity index is 1560. The first-order chi connectivity index (χ1) is 19.6. The topological polar surface area (TPSA) is 77.4 Å². The third kappa shape index (κ3) is 5.78. The van der Waals surface area contributed by atoms with Gasteiger partial charge in [0.1, 0.15) is 5.75 Å². The van der Waals surface area contributed by atoms with E-state index < -0.39 is 12.0 Å². The molecule has 0 N–H and O–H groups in total. The van der Waals surface area contributed by atoms with Gasteiger partial charge >= 0.3 is 5.97 Å². The molecule has 1 unspecified atom stereocenters. The highest BCUT2D eigenvalue weighted by molar-refractivity contribution is 6.07. The van der Waals surface area contributed by atoms with E-state index in [0.29, 0.717) is 40.5 Å². The number of ether oxygens (including phenoxy) is 3. The van der Waals surface area contributed by atoms with E-state index in [0.717, 1.165) is 11.1 Å². The summed E-state index contributed by atoms with van der Waals surface area (Å²) < 4.78 is 16.7. The summed E-state index contributed by atoms with van der Waals surface area (Å²) in [7, 11) is 3.15. The number of para-hydroxylation sites is 1. The summed E-state index contributed by atoms with van der Waals surface area (Å²) in [4.78, 5) is 26.3. The standard InChI is InChI=1S/C33H28N2O5/c1-38-30-19-18-25(21-31(30)39-2)28-22-27(34-35(28)32(36)20-17-23-11-5-3-6-12-23)26-15-9-10-16-29(26)40-33(37)24-13-7-4-8-14-24/h3-21,28H,22H2,1-2H3/b20-17+. The molecule has 1 atom stereocenters. The number of methoxy groups -OCH3 is 2. The highest BCUT2D eigenvalue weighted by atomic mass is 16.5. The minimum atomic E-state index is -0.471. The van der Waals surface area contributed by atoms with Crippen LogP contribution in [0.4, 0.5) is 0 Å². The zero-order chi connectivity index (χ0) is 27.9. The highest BCUT2D eigenvalue weighted by Crippen LogP contribution is 2.38. The van der Waals surface area contributed by atoms with Gasteiger partial charge in [0.05, 0.1) is 31.5 Å². The van der Waals surface area contributed by atoms with Crippen LogP contribution in [0.1, 0.15) is 39.5 Å². The molecule has 0 radical (unpaired) electrons. The third-order valence-corrected chi connectivity index (χ3v) is 6.56. The number of carbonyl (C=O) groups excluding carboxylic acids is 2. The number of benzene rings is 4. The van der Waals surface area contributed by atoms with Gasteiger partial charge < -0.3 is 14.2 Å². The van der Waals surface area contributed by atoms with Gasteiger partial charge in [-0.05, 0) is 53.6 Å². The SMILES string of the molecule is COc1ccc(C2CC(c3ccccc3OC(=O)c3ccccc3)=NN2C(=O)/C=C/c2ccccc2)cc1OC. The Kier molecular flexibility index (Phi) is 8.02. The number of rotatable bonds is 8. The minimum absolute atomic E-state index is 0.280. The molecule has 7 nitrogen and oxygen atoms in total. The second-order valence-electron chi connectivity index (χ2n) is 9.06. The molecule has 200 valence electrons. The van der Waals surface area contributed by atoms with Crippen molar-refractivity contribution in [2.75, 3.05) is 14.2 Å². The summed E-state index contributed by atoms with van der Waals surface area (Å²) in [5.41, 5.74) is 3.44. The van der Waals surface area contributed by atoms with Crippen molar-refractivity contribution < 1.29 is 23.8 Å². The monoisotopic (exact) mass is 532 g/mol. The fourth-order valence-corrected chi connectivity index (χ4v) is 4.53. The molecule has 1 aliphatic rings. The average Bonchev–Trinajstić information content (AvgIpc) is 3.46. The van der Waals surface area contributed by atoms with Crippen molar-refractivity contribution in [3.8, 4) is 17.2 Å². The lowest BCUT2D eigenvalue weighted by atomic mass is 9.97. The van der Waals surface area contributed by atoms with Crippen molar-refractivity contribution in [3.05, 3.63) is 131 Å². The number of hydrogen-bond donors (Lipinski definition) is 0. The molecule has 5 rings (SSSR count). The van der Waals surface area contributed by atoms with Crippen LogP contribution >= 0.6 is 0 Å². The molecule has 1 amide bonds. The van der Waals surface area contributed by atoms with Crippen LogP contribution < -0.4 is 14.2 Å². The smallest absolute Gasteiger partial charge is 0.343 e. The van der Waals surface area contributed by atoms with E-state index in [-0.39, 0.29) is 5.91 Å². The van der Waals surface area contributed by atoms with Crippen molar-refractivity contribution in [1.82, 2.24) is 5.01 Å². The lowest BCUT2D eigenvalue weighted by Crippen LogP contribution is -2.25. The molecule has 0 saturated carbocycles. The number of esters is 1. The number of carbonyl (C=O) groups is 2. The first-order valence-corrected chi connectivity index (χ1v) is 12.8. The van der Waals surface area contributed by atoms with Crippen molar-refractivity contribution in [1.29, 1.82) is 0 Å². The van der Waals surface area contributed by atoms with E-state index in [1.54, 1.807) is 56.7 Å². The van der Waals surface area contributed by atoms with Crippen molar-refractivity contribution in [3.63, 3.8) is 0 Å². The Labute approximate surface area is 232 Å². The zero-order valence-corrected chi connectivity index (χ0v) is 22.2. The number of hydrogen-bond acceptors (Lipinski definition) is 6. The summed E-state index contributed by atoms with van der Waals surface area (Å²) in [5.74, 6) is 0.762. The van der Waals surface area contributed by atoms with Crippen molar-refractivity contribution >= 4 is 23.7 Å².